The second-order valence-corrected chi connectivity index (χ2v) is 11.9. The van der Waals surface area contributed by atoms with Crippen molar-refractivity contribution in [3.8, 4) is 17.3 Å². The molecule has 7 aromatic rings. The number of pyridine rings is 1. The van der Waals surface area contributed by atoms with Gasteiger partial charge in [0.05, 0.1) is 0 Å². The molecule has 0 saturated carbocycles. The van der Waals surface area contributed by atoms with E-state index in [4.69, 9.17) is 9.72 Å². The summed E-state index contributed by atoms with van der Waals surface area (Å²) in [5.41, 5.74) is 8.91. The fourth-order valence-corrected chi connectivity index (χ4v) is 6.71. The summed E-state index contributed by atoms with van der Waals surface area (Å²) in [6.07, 6.45) is 5.96. The zero-order valence-electron chi connectivity index (χ0n) is 27.0. The molecule has 0 aliphatic carbocycles. The van der Waals surface area contributed by atoms with Crippen molar-refractivity contribution in [2.75, 3.05) is 9.80 Å². The molecule has 6 heteroatoms. The van der Waals surface area contributed by atoms with Crippen molar-refractivity contribution in [3.63, 3.8) is 0 Å². The fraction of sp³-hybridized carbons (Fsp3) is 0.143. The smallest absolute Gasteiger partial charge is 0.135 e. The van der Waals surface area contributed by atoms with E-state index < -0.39 is 0 Å². The van der Waals surface area contributed by atoms with Gasteiger partial charge in [-0.3, -0.25) is 0 Å². The summed E-state index contributed by atoms with van der Waals surface area (Å²) in [5, 5.41) is 2.46. The van der Waals surface area contributed by atoms with Crippen LogP contribution in [-0.2, 0) is 33.9 Å². The summed E-state index contributed by atoms with van der Waals surface area (Å²) < 4.78 is 8.85. The Morgan fingerprint density at radius 3 is 2.25 bits per heavy atom. The minimum Gasteiger partial charge on any atom is -0.509 e. The second kappa shape index (κ2) is 13.7. The number of hydrogen-bond donors (Lipinski definition) is 0. The molecule has 0 N–H and O–H groups in total. The topological polar surface area (TPSA) is 33.5 Å². The molecule has 2 aromatic heterocycles. The number of ether oxygens (including phenoxy) is 1. The molecule has 1 aliphatic heterocycles. The zero-order chi connectivity index (χ0) is 31.7. The second-order valence-electron chi connectivity index (χ2n) is 11.9. The summed E-state index contributed by atoms with van der Waals surface area (Å²) in [6.45, 7) is 6.57. The molecule has 8 rings (SSSR count). The van der Waals surface area contributed by atoms with Crippen molar-refractivity contribution in [3.05, 3.63) is 151 Å². The van der Waals surface area contributed by atoms with Crippen molar-refractivity contribution < 1.29 is 25.8 Å². The van der Waals surface area contributed by atoms with Crippen molar-refractivity contribution in [2.24, 2.45) is 0 Å². The van der Waals surface area contributed by atoms with Crippen LogP contribution in [0.25, 0.3) is 27.6 Å². The quantitative estimate of drug-likeness (QED) is 0.136. The number of aryl methyl sites for hydroxylation is 2. The first-order valence-electron chi connectivity index (χ1n) is 16.4. The molecule has 1 aliphatic rings. The van der Waals surface area contributed by atoms with E-state index in [1.807, 2.05) is 36.5 Å². The van der Waals surface area contributed by atoms with Gasteiger partial charge in [0.15, 0.2) is 0 Å². The average molecular weight is 807 g/mol. The summed E-state index contributed by atoms with van der Waals surface area (Å²) in [6, 6.07) is 47.1. The van der Waals surface area contributed by atoms with Crippen LogP contribution < -0.4 is 14.5 Å². The van der Waals surface area contributed by atoms with E-state index in [1.54, 1.807) is 0 Å². The van der Waals surface area contributed by atoms with Gasteiger partial charge < -0.3 is 19.1 Å². The maximum absolute atomic E-state index is 6.62. The third-order valence-corrected chi connectivity index (χ3v) is 8.73. The van der Waals surface area contributed by atoms with Crippen LogP contribution in [-0.4, -0.2) is 9.55 Å². The molecule has 0 amide bonds. The Morgan fingerprint density at radius 1 is 0.708 bits per heavy atom. The predicted octanol–water partition coefficient (Wildman–Crippen LogP) is 10.9. The first kappa shape index (κ1) is 31.7. The van der Waals surface area contributed by atoms with Crippen molar-refractivity contribution in [2.45, 2.75) is 39.5 Å². The largest absolute Gasteiger partial charge is 0.509 e. The molecule has 5 nitrogen and oxygen atoms in total. The number of nitrogens with zero attached hydrogens (tertiary/aromatic N) is 4. The standard InChI is InChI=1S/C42H35N4O.Pt/c1-3-13-30-22-23-37-36(25-30)42-31(14-4-2)26-35(28-40(42)46(37)41-21-10-11-24-43-41)47-34-18-12-17-33(27-34)45-29-44(32-15-6-5-7-16-32)38-19-8-9-20-39(38)45;/h5-12,15-26,29H,3-4,13-14H2,1-2H3;/q-3;. The molecule has 0 bridgehead atoms. The SMILES string of the molecule is CCCc1ccc2c(c1)c1c(CCC)cc(Oc3[c-]c(N4[CH-]N(c5ccccc5)c5ccccc54)ccc3)[c-]c1n2-c1ccccn1.[Pt]. The molecule has 5 aromatic carbocycles. The Labute approximate surface area is 296 Å². The third-order valence-electron chi connectivity index (χ3n) is 8.73. The van der Waals surface area contributed by atoms with Crippen LogP contribution in [0.1, 0.15) is 37.8 Å². The number of fused-ring (bicyclic) bond motifs is 4. The molecule has 0 fully saturated rings. The van der Waals surface area contributed by atoms with Crippen LogP contribution in [0.3, 0.4) is 0 Å². The fourth-order valence-electron chi connectivity index (χ4n) is 6.71. The van der Waals surface area contributed by atoms with Gasteiger partial charge in [0.25, 0.3) is 0 Å². The summed E-state index contributed by atoms with van der Waals surface area (Å²) in [5.74, 6) is 2.17. The average Bonchev–Trinajstić information content (AvgIpc) is 3.66. The van der Waals surface area contributed by atoms with Crippen LogP contribution in [0.5, 0.6) is 11.5 Å². The van der Waals surface area contributed by atoms with E-state index in [2.05, 4.69) is 132 Å². The number of anilines is 4. The predicted molar refractivity (Wildman–Crippen MR) is 192 cm³/mol. The Kier molecular flexibility index (Phi) is 9.06. The minimum atomic E-state index is 0. The van der Waals surface area contributed by atoms with E-state index in [9.17, 15) is 0 Å². The molecule has 242 valence electrons. The molecule has 0 saturated heterocycles. The normalized spacial score (nSPS) is 12.4. The first-order valence-corrected chi connectivity index (χ1v) is 16.4. The third kappa shape index (κ3) is 5.77. The molecule has 0 atom stereocenters. The van der Waals surface area contributed by atoms with Gasteiger partial charge in [0.1, 0.15) is 5.82 Å². The molecule has 0 radical (unpaired) electrons. The molecule has 3 heterocycles. The van der Waals surface area contributed by atoms with Gasteiger partial charge in [-0.2, -0.15) is 6.07 Å². The minimum absolute atomic E-state index is 0. The van der Waals surface area contributed by atoms with Gasteiger partial charge >= 0.3 is 0 Å². The van der Waals surface area contributed by atoms with E-state index in [1.165, 1.54) is 21.9 Å². The van der Waals surface area contributed by atoms with Gasteiger partial charge in [-0.05, 0) is 59.8 Å². The maximum Gasteiger partial charge on any atom is 0.135 e. The number of para-hydroxylation sites is 3. The van der Waals surface area contributed by atoms with Crippen LogP contribution in [0.15, 0.2) is 121 Å². The number of benzene rings is 5. The van der Waals surface area contributed by atoms with Gasteiger partial charge in [0.2, 0.25) is 0 Å². The van der Waals surface area contributed by atoms with E-state index in [-0.39, 0.29) is 21.1 Å². The molecule has 0 spiro atoms. The Balaban J connectivity index is 0.00000364. The van der Waals surface area contributed by atoms with E-state index >= 15 is 0 Å². The monoisotopic (exact) mass is 806 g/mol. The van der Waals surface area contributed by atoms with Crippen LogP contribution in [0.4, 0.5) is 22.7 Å². The van der Waals surface area contributed by atoms with Crippen LogP contribution in [0.2, 0.25) is 0 Å². The summed E-state index contributed by atoms with van der Waals surface area (Å²) >= 11 is 0. The van der Waals surface area contributed by atoms with Gasteiger partial charge in [0, 0.05) is 61.3 Å². The number of rotatable bonds is 9. The number of aromatic nitrogens is 2. The maximum atomic E-state index is 6.62. The van der Waals surface area contributed by atoms with Crippen molar-refractivity contribution in [1.29, 1.82) is 0 Å². The van der Waals surface area contributed by atoms with Crippen LogP contribution >= 0.6 is 0 Å². The summed E-state index contributed by atoms with van der Waals surface area (Å²) in [4.78, 5) is 9.12. The van der Waals surface area contributed by atoms with E-state index in [0.29, 0.717) is 11.5 Å². The molecular formula is C42H35N4OPt-3. The van der Waals surface area contributed by atoms with Crippen molar-refractivity contribution >= 4 is 44.6 Å². The van der Waals surface area contributed by atoms with Gasteiger partial charge in [-0.1, -0.05) is 92.5 Å². The van der Waals surface area contributed by atoms with Gasteiger partial charge in [-0.25, -0.2) is 4.98 Å². The van der Waals surface area contributed by atoms with E-state index in [0.717, 1.165) is 65.3 Å². The molecular weight excluding hydrogens is 772 g/mol. The first-order chi connectivity index (χ1) is 23.2. The zero-order valence-corrected chi connectivity index (χ0v) is 29.2. The van der Waals surface area contributed by atoms with Crippen LogP contribution in [0, 0.1) is 18.8 Å². The Morgan fingerprint density at radius 2 is 1.48 bits per heavy atom. The van der Waals surface area contributed by atoms with Crippen molar-refractivity contribution in [1.82, 2.24) is 9.55 Å². The molecule has 48 heavy (non-hydrogen) atoms. The number of hydrogen-bond acceptors (Lipinski definition) is 4. The Hall–Kier alpha value is -4.86. The Bertz CT molecular complexity index is 2200. The van der Waals surface area contributed by atoms with Gasteiger partial charge in [-0.15, -0.1) is 48.3 Å². The summed E-state index contributed by atoms with van der Waals surface area (Å²) in [7, 11) is 0. The molecule has 0 unspecified atom stereocenters.